The lowest BCUT2D eigenvalue weighted by molar-refractivity contribution is 0.271. The summed E-state index contributed by atoms with van der Waals surface area (Å²) in [5.41, 5.74) is 1.26. The second-order valence-electron chi connectivity index (χ2n) is 9.15. The molecule has 0 unspecified atom stereocenters. The molecule has 1 saturated heterocycles. The number of benzene rings is 1. The van der Waals surface area contributed by atoms with E-state index in [1.165, 1.54) is 5.56 Å². The lowest BCUT2D eigenvalue weighted by atomic mass is 9.84. The molecule has 0 saturated carbocycles. The van der Waals surface area contributed by atoms with Crippen LogP contribution in [0.4, 0.5) is 0 Å². The Labute approximate surface area is 180 Å². The molecule has 0 atom stereocenters. The van der Waals surface area contributed by atoms with Crippen molar-refractivity contribution in [1.29, 1.82) is 0 Å². The van der Waals surface area contributed by atoms with E-state index in [2.05, 4.69) is 82.4 Å². The average molecular weight is 413 g/mol. The highest BCUT2D eigenvalue weighted by atomic mass is 16.5. The minimum absolute atomic E-state index is 0.0231. The molecule has 30 heavy (non-hydrogen) atoms. The van der Waals surface area contributed by atoms with Crippen LogP contribution in [-0.4, -0.2) is 59.3 Å². The monoisotopic (exact) mass is 412 g/mol. The maximum atomic E-state index is 5.81. The smallest absolute Gasteiger partial charge is 0.193 e. The Morgan fingerprint density at radius 2 is 1.97 bits per heavy atom. The molecule has 0 radical (unpaired) electrons. The zero-order chi connectivity index (χ0) is 21.6. The Morgan fingerprint density at radius 3 is 2.53 bits per heavy atom. The first-order chi connectivity index (χ1) is 14.4. The van der Waals surface area contributed by atoms with Gasteiger partial charge in [-0.15, -0.1) is 0 Å². The number of hydrogen-bond donors (Lipinski definition) is 2. The molecule has 0 bridgehead atoms. The number of aromatic nitrogens is 3. The standard InChI is InChI=1S/C23H36N6O/c1-17(2)14-30-20-8-6-19(7-9-20)23(3,4)15-25-22(24-5)29-12-10-18(11-13-29)21-26-16-27-28-21/h6-9,16-18H,10-15H2,1-5H3,(H,24,25)(H,26,27,28). The van der Waals surface area contributed by atoms with Crippen molar-refractivity contribution in [3.8, 4) is 5.75 Å². The van der Waals surface area contributed by atoms with E-state index in [4.69, 9.17) is 4.74 Å². The molecular weight excluding hydrogens is 376 g/mol. The minimum atomic E-state index is -0.0231. The van der Waals surface area contributed by atoms with E-state index in [-0.39, 0.29) is 5.41 Å². The van der Waals surface area contributed by atoms with Gasteiger partial charge < -0.3 is 15.0 Å². The number of likely N-dealkylation sites (tertiary alicyclic amines) is 1. The molecule has 0 amide bonds. The van der Waals surface area contributed by atoms with E-state index in [0.29, 0.717) is 11.8 Å². The summed E-state index contributed by atoms with van der Waals surface area (Å²) in [7, 11) is 1.86. The van der Waals surface area contributed by atoms with Crippen molar-refractivity contribution in [2.45, 2.75) is 51.9 Å². The first kappa shape index (κ1) is 22.1. The van der Waals surface area contributed by atoms with Crippen LogP contribution in [0, 0.1) is 5.92 Å². The van der Waals surface area contributed by atoms with E-state index in [0.717, 1.165) is 56.6 Å². The SMILES string of the molecule is CN=C(NCC(C)(C)c1ccc(OCC(C)C)cc1)N1CCC(c2ncn[nH]2)CC1. The van der Waals surface area contributed by atoms with Gasteiger partial charge in [0.1, 0.15) is 17.9 Å². The van der Waals surface area contributed by atoms with Gasteiger partial charge in [0.15, 0.2) is 5.96 Å². The number of nitrogens with zero attached hydrogens (tertiary/aromatic N) is 4. The van der Waals surface area contributed by atoms with Crippen molar-refractivity contribution in [2.24, 2.45) is 10.9 Å². The second kappa shape index (κ2) is 9.96. The number of aromatic amines is 1. The van der Waals surface area contributed by atoms with Crippen molar-refractivity contribution in [3.63, 3.8) is 0 Å². The maximum absolute atomic E-state index is 5.81. The zero-order valence-corrected chi connectivity index (χ0v) is 19.0. The van der Waals surface area contributed by atoms with E-state index < -0.39 is 0 Å². The van der Waals surface area contributed by atoms with Crippen LogP contribution in [-0.2, 0) is 5.41 Å². The lowest BCUT2D eigenvalue weighted by Crippen LogP contribution is -2.48. The average Bonchev–Trinajstić information content (AvgIpc) is 3.28. The van der Waals surface area contributed by atoms with Crippen LogP contribution in [0.15, 0.2) is 35.6 Å². The molecule has 0 aliphatic carbocycles. The number of guanidine groups is 1. The first-order valence-electron chi connectivity index (χ1n) is 10.9. The van der Waals surface area contributed by atoms with Crippen molar-refractivity contribution < 1.29 is 4.74 Å². The third-order valence-electron chi connectivity index (χ3n) is 5.73. The number of nitrogens with one attached hydrogen (secondary N) is 2. The van der Waals surface area contributed by atoms with Gasteiger partial charge in [0.05, 0.1) is 6.61 Å². The molecule has 1 fully saturated rings. The first-order valence-corrected chi connectivity index (χ1v) is 10.9. The van der Waals surface area contributed by atoms with Crippen molar-refractivity contribution >= 4 is 5.96 Å². The molecule has 1 aromatic heterocycles. The second-order valence-corrected chi connectivity index (χ2v) is 9.15. The molecule has 2 N–H and O–H groups in total. The van der Waals surface area contributed by atoms with Gasteiger partial charge in [-0.25, -0.2) is 4.98 Å². The van der Waals surface area contributed by atoms with Gasteiger partial charge in [-0.2, -0.15) is 5.10 Å². The Kier molecular flexibility index (Phi) is 7.34. The molecule has 3 rings (SSSR count). The Morgan fingerprint density at radius 1 is 1.27 bits per heavy atom. The fraction of sp³-hybridized carbons (Fsp3) is 0.609. The number of H-pyrrole nitrogens is 1. The van der Waals surface area contributed by atoms with Gasteiger partial charge in [0, 0.05) is 38.0 Å². The summed E-state index contributed by atoms with van der Waals surface area (Å²) >= 11 is 0. The van der Waals surface area contributed by atoms with E-state index >= 15 is 0 Å². The Hall–Kier alpha value is -2.57. The third kappa shape index (κ3) is 5.74. The van der Waals surface area contributed by atoms with Crippen LogP contribution in [0.5, 0.6) is 5.75 Å². The topological polar surface area (TPSA) is 78.4 Å². The molecule has 164 valence electrons. The number of aliphatic imine (C=N–C) groups is 1. The quantitative estimate of drug-likeness (QED) is 0.537. The third-order valence-corrected chi connectivity index (χ3v) is 5.73. The zero-order valence-electron chi connectivity index (χ0n) is 19.0. The molecule has 2 heterocycles. The normalized spacial score (nSPS) is 16.2. The Balaban J connectivity index is 1.52. The summed E-state index contributed by atoms with van der Waals surface area (Å²) < 4.78 is 5.81. The fourth-order valence-electron chi connectivity index (χ4n) is 3.78. The van der Waals surface area contributed by atoms with Crippen LogP contribution in [0.25, 0.3) is 0 Å². The fourth-order valence-corrected chi connectivity index (χ4v) is 3.78. The van der Waals surface area contributed by atoms with Crippen LogP contribution in [0.3, 0.4) is 0 Å². The number of ether oxygens (including phenoxy) is 1. The predicted octanol–water partition coefficient (Wildman–Crippen LogP) is 3.57. The van der Waals surface area contributed by atoms with Crippen LogP contribution < -0.4 is 10.1 Å². The van der Waals surface area contributed by atoms with Crippen molar-refractivity contribution in [1.82, 2.24) is 25.4 Å². The molecule has 1 aromatic carbocycles. The van der Waals surface area contributed by atoms with Gasteiger partial charge in [-0.05, 0) is 36.5 Å². The van der Waals surface area contributed by atoms with Gasteiger partial charge in [0.25, 0.3) is 0 Å². The highest BCUT2D eigenvalue weighted by Gasteiger charge is 2.26. The summed E-state index contributed by atoms with van der Waals surface area (Å²) in [6, 6.07) is 8.48. The summed E-state index contributed by atoms with van der Waals surface area (Å²) in [5.74, 6) is 3.88. The van der Waals surface area contributed by atoms with Gasteiger partial charge in [-0.3, -0.25) is 10.1 Å². The largest absolute Gasteiger partial charge is 0.493 e. The summed E-state index contributed by atoms with van der Waals surface area (Å²) in [6.07, 6.45) is 3.70. The van der Waals surface area contributed by atoms with Crippen LogP contribution in [0.1, 0.15) is 57.8 Å². The van der Waals surface area contributed by atoms with Gasteiger partial charge >= 0.3 is 0 Å². The molecule has 0 spiro atoms. The van der Waals surface area contributed by atoms with Crippen LogP contribution >= 0.6 is 0 Å². The van der Waals surface area contributed by atoms with Crippen LogP contribution in [0.2, 0.25) is 0 Å². The maximum Gasteiger partial charge on any atom is 0.193 e. The molecule has 7 nitrogen and oxygen atoms in total. The highest BCUT2D eigenvalue weighted by Crippen LogP contribution is 2.27. The molecule has 7 heteroatoms. The Bertz CT molecular complexity index is 790. The minimum Gasteiger partial charge on any atom is -0.493 e. The predicted molar refractivity (Wildman–Crippen MR) is 121 cm³/mol. The molecule has 2 aromatic rings. The van der Waals surface area contributed by atoms with Crippen molar-refractivity contribution in [3.05, 3.63) is 42.0 Å². The van der Waals surface area contributed by atoms with Crippen molar-refractivity contribution in [2.75, 3.05) is 33.3 Å². The summed E-state index contributed by atoms with van der Waals surface area (Å²) in [5, 5.41) is 10.6. The van der Waals surface area contributed by atoms with E-state index in [9.17, 15) is 0 Å². The number of rotatable bonds is 7. The molecular formula is C23H36N6O. The number of piperidine rings is 1. The van der Waals surface area contributed by atoms with Gasteiger partial charge in [0.2, 0.25) is 0 Å². The lowest BCUT2D eigenvalue weighted by Gasteiger charge is -2.35. The number of hydrogen-bond acceptors (Lipinski definition) is 4. The molecule has 1 aliphatic rings. The van der Waals surface area contributed by atoms with E-state index in [1.807, 2.05) is 7.05 Å². The van der Waals surface area contributed by atoms with E-state index in [1.54, 1.807) is 6.33 Å². The van der Waals surface area contributed by atoms with Gasteiger partial charge in [-0.1, -0.05) is 39.8 Å². The summed E-state index contributed by atoms with van der Waals surface area (Å²) in [4.78, 5) is 11.2. The highest BCUT2D eigenvalue weighted by molar-refractivity contribution is 5.80. The summed E-state index contributed by atoms with van der Waals surface area (Å²) in [6.45, 7) is 12.3. The molecule has 1 aliphatic heterocycles.